The van der Waals surface area contributed by atoms with E-state index in [0.29, 0.717) is 11.6 Å². The van der Waals surface area contributed by atoms with Crippen molar-refractivity contribution in [1.82, 2.24) is 15.2 Å². The van der Waals surface area contributed by atoms with Crippen molar-refractivity contribution in [2.75, 3.05) is 6.54 Å². The summed E-state index contributed by atoms with van der Waals surface area (Å²) in [6, 6.07) is 0.0902. The maximum Gasteiger partial charge on any atom is 0.355 e. The molecule has 0 saturated carbocycles. The van der Waals surface area contributed by atoms with Gasteiger partial charge in [-0.05, 0) is 13.8 Å². The van der Waals surface area contributed by atoms with E-state index in [0.717, 1.165) is 0 Å². The molecule has 2 rings (SSSR count). The molecule has 1 aromatic heterocycles. The molecule has 0 aliphatic carbocycles. The molecule has 114 valence electrons. The third kappa shape index (κ3) is 3.57. The molecule has 1 aliphatic heterocycles. The molecule has 2 amide bonds. The van der Waals surface area contributed by atoms with Gasteiger partial charge in [-0.1, -0.05) is 0 Å². The van der Waals surface area contributed by atoms with Crippen molar-refractivity contribution in [3.63, 3.8) is 0 Å². The number of thiazole rings is 1. The first-order chi connectivity index (χ1) is 9.88. The van der Waals surface area contributed by atoms with Gasteiger partial charge in [-0.15, -0.1) is 11.3 Å². The van der Waals surface area contributed by atoms with E-state index in [4.69, 9.17) is 5.11 Å². The van der Waals surface area contributed by atoms with Gasteiger partial charge in [-0.2, -0.15) is 0 Å². The van der Waals surface area contributed by atoms with Crippen LogP contribution in [0, 0.1) is 5.92 Å². The molecule has 1 unspecified atom stereocenters. The van der Waals surface area contributed by atoms with Gasteiger partial charge in [0.25, 0.3) is 0 Å². The minimum atomic E-state index is -1.09. The number of carbonyl (C=O) groups excluding carboxylic acids is 2. The molecular formula is C13H17N3O4S. The highest BCUT2D eigenvalue weighted by Crippen LogP contribution is 2.20. The lowest BCUT2D eigenvalue weighted by Crippen LogP contribution is -2.35. The molecule has 1 fully saturated rings. The lowest BCUT2D eigenvalue weighted by molar-refractivity contribution is -0.130. The molecular weight excluding hydrogens is 294 g/mol. The van der Waals surface area contributed by atoms with E-state index in [1.54, 1.807) is 4.90 Å². The number of carbonyl (C=O) groups is 3. The Balaban J connectivity index is 1.87. The van der Waals surface area contributed by atoms with Crippen LogP contribution < -0.4 is 5.32 Å². The maximum atomic E-state index is 12.0. The van der Waals surface area contributed by atoms with Crippen LogP contribution in [-0.4, -0.2) is 45.4 Å². The second-order valence-corrected chi connectivity index (χ2v) is 6.13. The highest BCUT2D eigenvalue weighted by atomic mass is 32.1. The number of aromatic carboxylic acids is 1. The molecule has 1 aromatic rings. The number of aromatic nitrogens is 1. The number of likely N-dealkylation sites (tertiary alicyclic amines) is 1. The number of nitrogens with zero attached hydrogens (tertiary/aromatic N) is 2. The number of hydrogen-bond donors (Lipinski definition) is 2. The number of nitrogens with one attached hydrogen (secondary N) is 1. The molecule has 1 saturated heterocycles. The smallest absolute Gasteiger partial charge is 0.355 e. The second kappa shape index (κ2) is 6.21. The molecule has 8 heteroatoms. The topological polar surface area (TPSA) is 99.6 Å². The van der Waals surface area contributed by atoms with Crippen molar-refractivity contribution < 1.29 is 19.5 Å². The molecule has 0 aromatic carbocycles. The highest BCUT2D eigenvalue weighted by molar-refractivity contribution is 7.09. The van der Waals surface area contributed by atoms with Crippen molar-refractivity contribution >= 4 is 29.1 Å². The highest BCUT2D eigenvalue weighted by Gasteiger charge is 2.35. The number of hydrogen-bond acceptors (Lipinski definition) is 5. The Morgan fingerprint density at radius 1 is 1.57 bits per heavy atom. The predicted molar refractivity (Wildman–Crippen MR) is 75.9 cm³/mol. The maximum absolute atomic E-state index is 12.0. The molecule has 2 heterocycles. The molecule has 7 nitrogen and oxygen atoms in total. The van der Waals surface area contributed by atoms with Gasteiger partial charge in [0, 0.05) is 24.4 Å². The Morgan fingerprint density at radius 3 is 2.81 bits per heavy atom. The summed E-state index contributed by atoms with van der Waals surface area (Å²) in [7, 11) is 0. The van der Waals surface area contributed by atoms with E-state index in [1.807, 2.05) is 13.8 Å². The van der Waals surface area contributed by atoms with Crippen LogP contribution >= 0.6 is 11.3 Å². The van der Waals surface area contributed by atoms with Crippen LogP contribution in [0.4, 0.5) is 0 Å². The first-order valence-electron chi connectivity index (χ1n) is 6.63. The van der Waals surface area contributed by atoms with Crippen LogP contribution in [-0.2, 0) is 16.1 Å². The van der Waals surface area contributed by atoms with Gasteiger partial charge < -0.3 is 15.3 Å². The molecule has 21 heavy (non-hydrogen) atoms. The minimum absolute atomic E-state index is 0.00689. The van der Waals surface area contributed by atoms with Crippen LogP contribution in [0.2, 0.25) is 0 Å². The van der Waals surface area contributed by atoms with Crippen molar-refractivity contribution in [2.45, 2.75) is 32.9 Å². The van der Waals surface area contributed by atoms with Crippen LogP contribution in [0.25, 0.3) is 0 Å². The minimum Gasteiger partial charge on any atom is -0.476 e. The zero-order valence-electron chi connectivity index (χ0n) is 11.8. The first kappa shape index (κ1) is 15.4. The van der Waals surface area contributed by atoms with Crippen molar-refractivity contribution in [2.24, 2.45) is 5.92 Å². The summed E-state index contributed by atoms with van der Waals surface area (Å²) in [5.74, 6) is -1.64. The van der Waals surface area contributed by atoms with Gasteiger partial charge in [-0.25, -0.2) is 9.78 Å². The number of carboxylic acid groups (broad SMARTS) is 1. The Morgan fingerprint density at radius 2 is 2.29 bits per heavy atom. The van der Waals surface area contributed by atoms with Gasteiger partial charge in [0.15, 0.2) is 5.69 Å². The van der Waals surface area contributed by atoms with Gasteiger partial charge in [-0.3, -0.25) is 9.59 Å². The Kier molecular flexibility index (Phi) is 4.56. The Bertz CT molecular complexity index is 570. The zero-order valence-corrected chi connectivity index (χ0v) is 12.6. The summed E-state index contributed by atoms with van der Waals surface area (Å²) >= 11 is 1.18. The largest absolute Gasteiger partial charge is 0.476 e. The Labute approximate surface area is 126 Å². The fourth-order valence-electron chi connectivity index (χ4n) is 2.20. The van der Waals surface area contributed by atoms with Gasteiger partial charge >= 0.3 is 5.97 Å². The number of amides is 2. The van der Waals surface area contributed by atoms with E-state index in [2.05, 4.69) is 10.3 Å². The van der Waals surface area contributed by atoms with Gasteiger partial charge in [0.05, 0.1) is 12.5 Å². The van der Waals surface area contributed by atoms with Crippen LogP contribution in [0.5, 0.6) is 0 Å². The van der Waals surface area contributed by atoms with Gasteiger partial charge in [0.1, 0.15) is 5.01 Å². The van der Waals surface area contributed by atoms with E-state index in [1.165, 1.54) is 16.7 Å². The quantitative estimate of drug-likeness (QED) is 0.834. The lowest BCUT2D eigenvalue weighted by Gasteiger charge is -2.20. The monoisotopic (exact) mass is 311 g/mol. The average Bonchev–Trinajstić information content (AvgIpc) is 3.02. The lowest BCUT2D eigenvalue weighted by atomic mass is 10.1. The van der Waals surface area contributed by atoms with Crippen molar-refractivity contribution in [3.8, 4) is 0 Å². The number of rotatable bonds is 5. The molecule has 0 bridgehead atoms. The van der Waals surface area contributed by atoms with E-state index in [9.17, 15) is 14.4 Å². The fourth-order valence-corrected chi connectivity index (χ4v) is 2.91. The van der Waals surface area contributed by atoms with Crippen LogP contribution in [0.3, 0.4) is 0 Å². The SMILES string of the molecule is CC(C)N1CC(C(=O)NCc2nc(C(=O)O)cs2)CC1=O. The summed E-state index contributed by atoms with van der Waals surface area (Å²) in [6.07, 6.45) is 0.224. The summed E-state index contributed by atoms with van der Waals surface area (Å²) < 4.78 is 0. The van der Waals surface area contributed by atoms with E-state index in [-0.39, 0.29) is 42.4 Å². The van der Waals surface area contributed by atoms with Crippen LogP contribution in [0.1, 0.15) is 35.8 Å². The predicted octanol–water partition coefficient (Wildman–Crippen LogP) is 0.714. The summed E-state index contributed by atoms with van der Waals surface area (Å²) in [5.41, 5.74) is -0.0220. The molecule has 1 aliphatic rings. The molecule has 2 N–H and O–H groups in total. The zero-order chi connectivity index (χ0) is 15.6. The molecule has 0 spiro atoms. The van der Waals surface area contributed by atoms with Crippen LogP contribution in [0.15, 0.2) is 5.38 Å². The third-order valence-electron chi connectivity index (χ3n) is 3.34. The summed E-state index contributed by atoms with van der Waals surface area (Å²) in [6.45, 7) is 4.45. The normalized spacial score (nSPS) is 18.3. The van der Waals surface area contributed by atoms with E-state index < -0.39 is 5.97 Å². The Hall–Kier alpha value is -1.96. The molecule has 0 radical (unpaired) electrons. The first-order valence-corrected chi connectivity index (χ1v) is 7.51. The summed E-state index contributed by atoms with van der Waals surface area (Å²) in [5, 5.41) is 13.4. The van der Waals surface area contributed by atoms with Crippen molar-refractivity contribution in [1.29, 1.82) is 0 Å². The van der Waals surface area contributed by atoms with Crippen molar-refractivity contribution in [3.05, 3.63) is 16.1 Å². The summed E-state index contributed by atoms with van der Waals surface area (Å²) in [4.78, 5) is 40.1. The second-order valence-electron chi connectivity index (χ2n) is 5.19. The average molecular weight is 311 g/mol. The fraction of sp³-hybridized carbons (Fsp3) is 0.538. The molecule has 1 atom stereocenters. The third-order valence-corrected chi connectivity index (χ3v) is 4.19. The standard InChI is InChI=1S/C13H17N3O4S/c1-7(2)16-5-8(3-11(16)17)12(18)14-4-10-15-9(6-21-10)13(19)20/h6-8H,3-5H2,1-2H3,(H,14,18)(H,19,20). The number of carboxylic acids is 1. The van der Waals surface area contributed by atoms with E-state index >= 15 is 0 Å². The van der Waals surface area contributed by atoms with Gasteiger partial charge in [0.2, 0.25) is 11.8 Å².